The number of para-hydroxylation sites is 1. The quantitative estimate of drug-likeness (QED) is 0.674. The molecule has 116 valence electrons. The summed E-state index contributed by atoms with van der Waals surface area (Å²) in [6.07, 6.45) is 0.290. The molecule has 2 rings (SSSR count). The van der Waals surface area contributed by atoms with Crippen molar-refractivity contribution in [3.05, 3.63) is 45.1 Å². The van der Waals surface area contributed by atoms with E-state index in [2.05, 4.69) is 10.3 Å². The summed E-state index contributed by atoms with van der Waals surface area (Å²) in [6.45, 7) is -0.366. The van der Waals surface area contributed by atoms with Gasteiger partial charge in [-0.2, -0.15) is 0 Å². The maximum Gasteiger partial charge on any atom is 0.328 e. The monoisotopic (exact) mass is 305 g/mol. The summed E-state index contributed by atoms with van der Waals surface area (Å²) in [7, 11) is 0. The number of aliphatic carboxylic acids is 1. The number of amides is 1. The maximum absolute atomic E-state index is 12.2. The number of H-pyrrole nitrogens is 1. The van der Waals surface area contributed by atoms with E-state index in [1.54, 1.807) is 24.3 Å². The molecule has 1 aromatic heterocycles. The second-order valence-electron chi connectivity index (χ2n) is 4.71. The highest BCUT2D eigenvalue weighted by Gasteiger charge is 2.08. The van der Waals surface area contributed by atoms with Crippen LogP contribution in [-0.4, -0.2) is 33.1 Å². The number of hydrogen-bond acceptors (Lipinski definition) is 4. The van der Waals surface area contributed by atoms with E-state index in [0.29, 0.717) is 10.9 Å². The number of nitrogens with zero attached hydrogens (tertiary/aromatic N) is 1. The molecule has 0 radical (unpaired) electrons. The number of carboxylic acids is 1. The second kappa shape index (κ2) is 6.70. The smallest absolute Gasteiger partial charge is 0.328 e. The summed E-state index contributed by atoms with van der Waals surface area (Å²) < 4.78 is 1.03. The van der Waals surface area contributed by atoms with Gasteiger partial charge in [0.05, 0.1) is 10.9 Å². The van der Waals surface area contributed by atoms with E-state index in [-0.39, 0.29) is 19.4 Å². The Kier molecular flexibility index (Phi) is 4.72. The van der Waals surface area contributed by atoms with Gasteiger partial charge >= 0.3 is 11.7 Å². The van der Waals surface area contributed by atoms with Crippen LogP contribution in [0.3, 0.4) is 0 Å². The summed E-state index contributed by atoms with van der Waals surface area (Å²) in [5.41, 5.74) is -0.479. The van der Waals surface area contributed by atoms with Crippen molar-refractivity contribution in [2.75, 3.05) is 6.54 Å². The summed E-state index contributed by atoms with van der Waals surface area (Å²) in [5.74, 6) is -1.57. The first-order valence-electron chi connectivity index (χ1n) is 6.69. The van der Waals surface area contributed by atoms with Crippen molar-refractivity contribution < 1.29 is 14.7 Å². The molecule has 3 N–H and O–H groups in total. The van der Waals surface area contributed by atoms with Crippen LogP contribution in [-0.2, 0) is 16.1 Å². The molecule has 8 heteroatoms. The minimum atomic E-state index is -1.13. The number of nitrogens with one attached hydrogen (secondary N) is 2. The molecular weight excluding hydrogens is 290 g/mol. The Hall–Kier alpha value is -2.90. The van der Waals surface area contributed by atoms with Gasteiger partial charge in [-0.1, -0.05) is 12.1 Å². The Balaban J connectivity index is 2.06. The molecule has 0 aliphatic rings. The number of aromatic nitrogens is 2. The molecule has 0 unspecified atom stereocenters. The van der Waals surface area contributed by atoms with Gasteiger partial charge < -0.3 is 15.4 Å². The number of hydrogen-bond donors (Lipinski definition) is 3. The number of fused-ring (bicyclic) bond motifs is 1. The van der Waals surface area contributed by atoms with Crippen LogP contribution < -0.4 is 16.6 Å². The Morgan fingerprint density at radius 2 is 1.95 bits per heavy atom. The van der Waals surface area contributed by atoms with E-state index in [1.807, 2.05) is 0 Å². The van der Waals surface area contributed by atoms with Gasteiger partial charge in [0, 0.05) is 13.0 Å². The molecule has 0 aliphatic carbocycles. The third-order valence-electron chi connectivity index (χ3n) is 3.11. The van der Waals surface area contributed by atoms with Crippen molar-refractivity contribution in [1.82, 2.24) is 14.9 Å². The number of aromatic amines is 1. The van der Waals surface area contributed by atoms with Gasteiger partial charge in [0.1, 0.15) is 6.54 Å². The lowest BCUT2D eigenvalue weighted by Gasteiger charge is -2.06. The molecule has 0 fully saturated rings. The molecule has 0 saturated carbocycles. The molecule has 22 heavy (non-hydrogen) atoms. The first-order chi connectivity index (χ1) is 10.5. The van der Waals surface area contributed by atoms with E-state index in [1.165, 1.54) is 0 Å². The van der Waals surface area contributed by atoms with Crippen LogP contribution in [0.5, 0.6) is 0 Å². The van der Waals surface area contributed by atoms with Crippen LogP contribution in [0.15, 0.2) is 33.9 Å². The molecule has 2 aromatic rings. The molecule has 1 heterocycles. The van der Waals surface area contributed by atoms with E-state index in [0.717, 1.165) is 4.57 Å². The molecule has 1 amide bonds. The van der Waals surface area contributed by atoms with E-state index in [4.69, 9.17) is 5.11 Å². The SMILES string of the molecule is O=C(O)CNC(=O)CCCn1c(=O)[nH]c2ccccc2c1=O. The lowest BCUT2D eigenvalue weighted by Crippen LogP contribution is -2.35. The molecule has 0 aliphatic heterocycles. The minimum absolute atomic E-state index is 0.0337. The molecule has 0 spiro atoms. The van der Waals surface area contributed by atoms with Crippen molar-refractivity contribution >= 4 is 22.8 Å². The minimum Gasteiger partial charge on any atom is -0.480 e. The molecule has 8 nitrogen and oxygen atoms in total. The van der Waals surface area contributed by atoms with Crippen LogP contribution in [0.25, 0.3) is 10.9 Å². The summed E-state index contributed by atoms with van der Waals surface area (Å²) in [4.78, 5) is 48.4. The predicted molar refractivity (Wildman–Crippen MR) is 78.7 cm³/mol. The van der Waals surface area contributed by atoms with Crippen molar-refractivity contribution in [1.29, 1.82) is 0 Å². The molecule has 0 atom stereocenters. The van der Waals surface area contributed by atoms with Gasteiger partial charge in [0.2, 0.25) is 5.91 Å². The first kappa shape index (κ1) is 15.5. The zero-order valence-electron chi connectivity index (χ0n) is 11.7. The zero-order chi connectivity index (χ0) is 16.1. The molecule has 1 aromatic carbocycles. The standard InChI is InChI=1S/C14H15N3O5/c18-11(15-8-12(19)20)6-3-7-17-13(21)9-4-1-2-5-10(9)16-14(17)22/h1-2,4-5H,3,6-8H2,(H,15,18)(H,16,22)(H,19,20). The topological polar surface area (TPSA) is 121 Å². The van der Waals surface area contributed by atoms with Crippen molar-refractivity contribution in [2.45, 2.75) is 19.4 Å². The number of carboxylic acid groups (broad SMARTS) is 1. The highest BCUT2D eigenvalue weighted by atomic mass is 16.4. The van der Waals surface area contributed by atoms with Crippen molar-refractivity contribution in [3.8, 4) is 0 Å². The zero-order valence-corrected chi connectivity index (χ0v) is 11.7. The number of carbonyl (C=O) groups excluding carboxylic acids is 1. The van der Waals surface area contributed by atoms with Crippen LogP contribution in [0.4, 0.5) is 0 Å². The van der Waals surface area contributed by atoms with Gasteiger partial charge in [0.15, 0.2) is 0 Å². The van der Waals surface area contributed by atoms with Gasteiger partial charge in [-0.05, 0) is 18.6 Å². The summed E-state index contributed by atoms with van der Waals surface area (Å²) >= 11 is 0. The Morgan fingerprint density at radius 3 is 2.68 bits per heavy atom. The number of carbonyl (C=O) groups is 2. The van der Waals surface area contributed by atoms with Crippen LogP contribution in [0.2, 0.25) is 0 Å². The Bertz CT molecular complexity index is 821. The van der Waals surface area contributed by atoms with Gasteiger partial charge in [0.25, 0.3) is 5.56 Å². The maximum atomic E-state index is 12.2. The van der Waals surface area contributed by atoms with E-state index < -0.39 is 29.7 Å². The summed E-state index contributed by atoms with van der Waals surface area (Å²) in [6, 6.07) is 6.67. The molecule has 0 bridgehead atoms. The third-order valence-corrected chi connectivity index (χ3v) is 3.11. The average Bonchev–Trinajstić information content (AvgIpc) is 2.48. The highest BCUT2D eigenvalue weighted by molar-refractivity contribution is 5.81. The predicted octanol–water partition coefficient (Wildman–Crippen LogP) is -0.329. The second-order valence-corrected chi connectivity index (χ2v) is 4.71. The molecule has 0 saturated heterocycles. The normalized spacial score (nSPS) is 10.5. The highest BCUT2D eigenvalue weighted by Crippen LogP contribution is 2.03. The van der Waals surface area contributed by atoms with Gasteiger partial charge in [-0.15, -0.1) is 0 Å². The van der Waals surface area contributed by atoms with E-state index >= 15 is 0 Å². The first-order valence-corrected chi connectivity index (χ1v) is 6.69. The number of rotatable bonds is 6. The summed E-state index contributed by atoms with van der Waals surface area (Å²) in [5, 5.41) is 11.0. The Morgan fingerprint density at radius 1 is 1.23 bits per heavy atom. The lowest BCUT2D eigenvalue weighted by molar-refractivity contribution is -0.137. The van der Waals surface area contributed by atoms with Gasteiger partial charge in [-0.25, -0.2) is 4.79 Å². The van der Waals surface area contributed by atoms with Crippen molar-refractivity contribution in [3.63, 3.8) is 0 Å². The fourth-order valence-corrected chi connectivity index (χ4v) is 2.06. The van der Waals surface area contributed by atoms with Crippen molar-refractivity contribution in [2.24, 2.45) is 0 Å². The average molecular weight is 305 g/mol. The largest absolute Gasteiger partial charge is 0.480 e. The van der Waals surface area contributed by atoms with Crippen LogP contribution in [0, 0.1) is 0 Å². The van der Waals surface area contributed by atoms with Crippen LogP contribution in [0.1, 0.15) is 12.8 Å². The number of benzene rings is 1. The van der Waals surface area contributed by atoms with E-state index in [9.17, 15) is 19.2 Å². The fraction of sp³-hybridized carbons (Fsp3) is 0.286. The third kappa shape index (κ3) is 3.60. The Labute approximate surface area is 124 Å². The fourth-order valence-electron chi connectivity index (χ4n) is 2.06. The van der Waals surface area contributed by atoms with Gasteiger partial charge in [-0.3, -0.25) is 19.0 Å². The van der Waals surface area contributed by atoms with Crippen LogP contribution >= 0.6 is 0 Å². The molecular formula is C14H15N3O5. The lowest BCUT2D eigenvalue weighted by atomic mass is 10.2.